The van der Waals surface area contributed by atoms with Gasteiger partial charge < -0.3 is 10.5 Å². The summed E-state index contributed by atoms with van der Waals surface area (Å²) >= 11 is 0. The number of nitrogens with two attached hydrogens (primary N) is 1. The van der Waals surface area contributed by atoms with E-state index in [0.717, 1.165) is 0 Å². The molecular weight excluding hydrogens is 295 g/mol. The molecule has 0 amide bonds. The maximum Gasteiger partial charge on any atom is 0.425 e. The third-order valence-electron chi connectivity index (χ3n) is 2.32. The first kappa shape index (κ1) is 16.5. The predicted octanol–water partition coefficient (Wildman–Crippen LogP) is 3.50. The van der Waals surface area contributed by atoms with E-state index in [0.29, 0.717) is 12.1 Å². The normalized spacial score (nSPS) is 14.2. The van der Waals surface area contributed by atoms with E-state index in [2.05, 4.69) is 4.74 Å². The maximum absolute atomic E-state index is 13.0. The Labute approximate surface area is 109 Å². The van der Waals surface area contributed by atoms with Crippen LogP contribution < -0.4 is 10.5 Å². The van der Waals surface area contributed by atoms with Gasteiger partial charge in [0.1, 0.15) is 11.6 Å². The molecule has 0 aromatic heterocycles. The second-order valence-corrected chi connectivity index (χ2v) is 3.86. The van der Waals surface area contributed by atoms with Gasteiger partial charge in [0.15, 0.2) is 6.10 Å². The average molecular weight is 305 g/mol. The lowest BCUT2D eigenvalue weighted by Crippen LogP contribution is -2.36. The van der Waals surface area contributed by atoms with Gasteiger partial charge in [0.2, 0.25) is 0 Å². The van der Waals surface area contributed by atoms with Crippen molar-refractivity contribution in [3.8, 4) is 5.75 Å². The van der Waals surface area contributed by atoms with Crippen LogP contribution in [-0.2, 0) is 6.18 Å². The first-order valence-corrected chi connectivity index (χ1v) is 5.36. The summed E-state index contributed by atoms with van der Waals surface area (Å²) in [5.74, 6) is -2.32. The minimum Gasteiger partial charge on any atom is -0.481 e. The van der Waals surface area contributed by atoms with Crippen LogP contribution in [0.2, 0.25) is 0 Å². The molecule has 114 valence electrons. The molecule has 20 heavy (non-hydrogen) atoms. The number of halogens is 7. The van der Waals surface area contributed by atoms with Crippen LogP contribution >= 0.6 is 0 Å². The fourth-order valence-electron chi connectivity index (χ4n) is 1.40. The zero-order valence-electron chi connectivity index (χ0n) is 9.85. The Morgan fingerprint density at radius 1 is 1.10 bits per heavy atom. The molecule has 1 rings (SSSR count). The maximum atomic E-state index is 13.0. The van der Waals surface area contributed by atoms with E-state index in [-0.39, 0.29) is 12.6 Å². The predicted molar refractivity (Wildman–Crippen MR) is 55.5 cm³/mol. The summed E-state index contributed by atoms with van der Waals surface area (Å²) in [5, 5.41) is 0. The van der Waals surface area contributed by atoms with Gasteiger partial charge in [-0.15, -0.1) is 0 Å². The quantitative estimate of drug-likeness (QED) is 0.864. The second kappa shape index (κ2) is 5.86. The van der Waals surface area contributed by atoms with E-state index >= 15 is 0 Å². The smallest absolute Gasteiger partial charge is 0.425 e. The molecule has 2 nitrogen and oxygen atoms in total. The van der Waals surface area contributed by atoms with Crippen LogP contribution in [0.5, 0.6) is 5.75 Å². The highest BCUT2D eigenvalue weighted by Crippen LogP contribution is 2.35. The van der Waals surface area contributed by atoms with E-state index in [1.807, 2.05) is 0 Å². The van der Waals surface area contributed by atoms with Crippen LogP contribution in [0.1, 0.15) is 12.0 Å². The standard InChI is InChI=1S/C11H10F7NO/c12-8-2-1-6(5-7(8)10(13,14)15)20-9(3-4-19)11(16,17)18/h1-2,5,9H,3-4,19H2. The van der Waals surface area contributed by atoms with Gasteiger partial charge >= 0.3 is 12.4 Å². The number of alkyl halides is 6. The lowest BCUT2D eigenvalue weighted by atomic mass is 10.2. The average Bonchev–Trinajstić information content (AvgIpc) is 2.28. The highest BCUT2D eigenvalue weighted by atomic mass is 19.4. The molecule has 9 heteroatoms. The molecular formula is C11H10F7NO. The fraction of sp³-hybridized carbons (Fsp3) is 0.455. The van der Waals surface area contributed by atoms with E-state index in [4.69, 9.17) is 5.73 Å². The number of rotatable bonds is 4. The molecule has 1 atom stereocenters. The van der Waals surface area contributed by atoms with Crippen molar-refractivity contribution in [2.24, 2.45) is 5.73 Å². The monoisotopic (exact) mass is 305 g/mol. The Morgan fingerprint density at radius 3 is 2.15 bits per heavy atom. The van der Waals surface area contributed by atoms with E-state index in [1.54, 1.807) is 0 Å². The van der Waals surface area contributed by atoms with Gasteiger partial charge in [-0.05, 0) is 24.7 Å². The molecule has 0 aliphatic rings. The minimum absolute atomic E-state index is 0.185. The van der Waals surface area contributed by atoms with Gasteiger partial charge in [-0.3, -0.25) is 0 Å². The van der Waals surface area contributed by atoms with Crippen molar-refractivity contribution < 1.29 is 35.5 Å². The van der Waals surface area contributed by atoms with Crippen molar-refractivity contribution in [2.75, 3.05) is 6.54 Å². The van der Waals surface area contributed by atoms with E-state index in [1.165, 1.54) is 0 Å². The van der Waals surface area contributed by atoms with Crippen molar-refractivity contribution in [2.45, 2.75) is 24.9 Å². The molecule has 0 saturated carbocycles. The van der Waals surface area contributed by atoms with Crippen LogP contribution in [0.3, 0.4) is 0 Å². The van der Waals surface area contributed by atoms with Gasteiger partial charge in [-0.25, -0.2) is 4.39 Å². The Bertz CT molecular complexity index is 455. The summed E-state index contributed by atoms with van der Waals surface area (Å²) in [4.78, 5) is 0. The van der Waals surface area contributed by atoms with Crippen LogP contribution in [-0.4, -0.2) is 18.8 Å². The zero-order chi connectivity index (χ0) is 15.6. The van der Waals surface area contributed by atoms with Crippen molar-refractivity contribution in [3.05, 3.63) is 29.6 Å². The number of hydrogen-bond acceptors (Lipinski definition) is 2. The Balaban J connectivity index is 3.03. The first-order valence-electron chi connectivity index (χ1n) is 5.36. The van der Waals surface area contributed by atoms with Gasteiger partial charge in [0.25, 0.3) is 0 Å². The van der Waals surface area contributed by atoms with Crippen LogP contribution in [0, 0.1) is 5.82 Å². The summed E-state index contributed by atoms with van der Waals surface area (Å²) in [6, 6.07) is 1.28. The molecule has 1 aromatic carbocycles. The van der Waals surface area contributed by atoms with Crippen LogP contribution in [0.15, 0.2) is 18.2 Å². The van der Waals surface area contributed by atoms with Crippen LogP contribution in [0.4, 0.5) is 30.7 Å². The number of benzene rings is 1. The lowest BCUT2D eigenvalue weighted by Gasteiger charge is -2.21. The molecule has 0 spiro atoms. The highest BCUT2D eigenvalue weighted by Gasteiger charge is 2.41. The summed E-state index contributed by atoms with van der Waals surface area (Å²) in [6.45, 7) is -0.364. The number of hydrogen-bond donors (Lipinski definition) is 1. The van der Waals surface area contributed by atoms with Crippen LogP contribution in [0.25, 0.3) is 0 Å². The summed E-state index contributed by atoms with van der Waals surface area (Å²) in [7, 11) is 0. The minimum atomic E-state index is -5.02. The van der Waals surface area contributed by atoms with Crippen molar-refractivity contribution in [1.82, 2.24) is 0 Å². The molecule has 1 aromatic rings. The summed E-state index contributed by atoms with van der Waals surface area (Å²) in [6.07, 6.45) is -12.8. The third-order valence-corrected chi connectivity index (χ3v) is 2.32. The highest BCUT2D eigenvalue weighted by molar-refractivity contribution is 5.32. The second-order valence-electron chi connectivity index (χ2n) is 3.86. The molecule has 0 aliphatic carbocycles. The van der Waals surface area contributed by atoms with Gasteiger partial charge in [-0.2, -0.15) is 26.3 Å². The third kappa shape index (κ3) is 4.26. The van der Waals surface area contributed by atoms with E-state index < -0.39 is 42.0 Å². The fourth-order valence-corrected chi connectivity index (χ4v) is 1.40. The molecule has 0 fully saturated rings. The summed E-state index contributed by atoms with van der Waals surface area (Å²) < 4.78 is 92.2. The largest absolute Gasteiger partial charge is 0.481 e. The Hall–Kier alpha value is -1.51. The van der Waals surface area contributed by atoms with Gasteiger partial charge in [0, 0.05) is 6.42 Å². The lowest BCUT2D eigenvalue weighted by molar-refractivity contribution is -0.196. The van der Waals surface area contributed by atoms with E-state index in [9.17, 15) is 30.7 Å². The molecule has 0 aliphatic heterocycles. The SMILES string of the molecule is NCCC(Oc1ccc(F)c(C(F)(F)F)c1)C(F)(F)F. The molecule has 0 bridgehead atoms. The van der Waals surface area contributed by atoms with Crippen molar-refractivity contribution in [3.63, 3.8) is 0 Å². The van der Waals surface area contributed by atoms with Gasteiger partial charge in [0.05, 0.1) is 5.56 Å². The Morgan fingerprint density at radius 2 is 1.70 bits per heavy atom. The first-order chi connectivity index (χ1) is 9.05. The molecule has 0 radical (unpaired) electrons. The summed E-state index contributed by atoms with van der Waals surface area (Å²) in [5.41, 5.74) is 3.29. The van der Waals surface area contributed by atoms with Crippen molar-refractivity contribution in [1.29, 1.82) is 0 Å². The molecule has 0 heterocycles. The topological polar surface area (TPSA) is 35.2 Å². The molecule has 1 unspecified atom stereocenters. The number of ether oxygens (including phenoxy) is 1. The zero-order valence-corrected chi connectivity index (χ0v) is 9.85. The van der Waals surface area contributed by atoms with Crippen molar-refractivity contribution >= 4 is 0 Å². The molecule has 2 N–H and O–H groups in total. The Kier molecular flexibility index (Phi) is 4.85. The van der Waals surface area contributed by atoms with Gasteiger partial charge in [-0.1, -0.05) is 0 Å². The molecule has 0 saturated heterocycles.